The Hall–Kier alpha value is -5.61. The van der Waals surface area contributed by atoms with Crippen molar-refractivity contribution in [3.8, 4) is 11.4 Å². The number of hydrogen-bond donors (Lipinski definition) is 1. The number of aryl methyl sites for hydroxylation is 1. The molecular formula is C46H38N4. The number of rotatable bonds is 3. The lowest BCUT2D eigenvalue weighted by atomic mass is 9.70. The standard InChI is InChI=1S/C46H38N4/c1-26(2)32-25-40(50-36-14-8-6-12-31(36)45-38(50)16-10-22-48-45)33-24-34-41-27(19-20-46(34,3)4)23-39(29-18-17-28(32)42(33)43(29)41)49-35-13-7-5-11-30(35)44-37(49)15-9-21-47-44/h5-18,21,23-26,48H,19-20,22H2,1-4H3. The van der Waals surface area contributed by atoms with Crippen molar-refractivity contribution in [3.63, 3.8) is 0 Å². The SMILES string of the molecule is CC(C)c1cc(-n2c3c(c4ccccc42)NCC=C3)c2cc3c4c(cc(-n5c6ccccc6c6ncccc65)c5ccc1c2c54)CCC3(C)C. The second kappa shape index (κ2) is 9.76. The largest absolute Gasteiger partial charge is 0.379 e. The summed E-state index contributed by atoms with van der Waals surface area (Å²) in [5, 5.41) is 14.5. The van der Waals surface area contributed by atoms with Gasteiger partial charge in [0.05, 0.1) is 44.8 Å². The number of pyridine rings is 1. The molecule has 0 spiro atoms. The third-order valence-corrected chi connectivity index (χ3v) is 11.9. The lowest BCUT2D eigenvalue weighted by Crippen LogP contribution is -2.23. The normalized spacial score (nSPS) is 15.4. The molecule has 0 unspecified atom stereocenters. The van der Waals surface area contributed by atoms with Crippen molar-refractivity contribution < 1.29 is 0 Å². The van der Waals surface area contributed by atoms with Gasteiger partial charge in [0.15, 0.2) is 0 Å². The number of nitrogens with zero attached hydrogens (tertiary/aromatic N) is 3. The van der Waals surface area contributed by atoms with E-state index in [4.69, 9.17) is 4.98 Å². The summed E-state index contributed by atoms with van der Waals surface area (Å²) in [6, 6.07) is 34.4. The Morgan fingerprint density at radius 2 is 1.44 bits per heavy atom. The highest BCUT2D eigenvalue weighted by Crippen LogP contribution is 2.51. The van der Waals surface area contributed by atoms with E-state index in [9.17, 15) is 0 Å². The topological polar surface area (TPSA) is 34.8 Å². The summed E-state index contributed by atoms with van der Waals surface area (Å²) < 4.78 is 5.02. The smallest absolute Gasteiger partial charge is 0.0963 e. The predicted octanol–water partition coefficient (Wildman–Crippen LogP) is 11.8. The number of nitrogens with one attached hydrogen (secondary N) is 1. The first-order valence-corrected chi connectivity index (χ1v) is 18.1. The highest BCUT2D eigenvalue weighted by molar-refractivity contribution is 6.29. The molecule has 1 N–H and O–H groups in total. The van der Waals surface area contributed by atoms with Crippen LogP contribution in [0.15, 0.2) is 103 Å². The molecule has 4 heteroatoms. The maximum absolute atomic E-state index is 4.90. The third-order valence-electron chi connectivity index (χ3n) is 11.9. The molecule has 50 heavy (non-hydrogen) atoms. The van der Waals surface area contributed by atoms with Gasteiger partial charge in [-0.15, -0.1) is 0 Å². The molecular weight excluding hydrogens is 609 g/mol. The first-order valence-electron chi connectivity index (χ1n) is 18.1. The number of anilines is 1. The van der Waals surface area contributed by atoms with E-state index in [0.717, 1.165) is 30.4 Å². The summed E-state index contributed by atoms with van der Waals surface area (Å²) >= 11 is 0. The molecule has 0 saturated heterocycles. The molecule has 0 radical (unpaired) electrons. The van der Waals surface area contributed by atoms with Gasteiger partial charge in [-0.3, -0.25) is 4.98 Å². The highest BCUT2D eigenvalue weighted by atomic mass is 15.0. The molecule has 3 aromatic heterocycles. The molecule has 1 aliphatic carbocycles. The highest BCUT2D eigenvalue weighted by Gasteiger charge is 2.33. The lowest BCUT2D eigenvalue weighted by Gasteiger charge is -2.35. The van der Waals surface area contributed by atoms with Gasteiger partial charge >= 0.3 is 0 Å². The minimum atomic E-state index is 0.0473. The van der Waals surface area contributed by atoms with Crippen molar-refractivity contribution in [1.29, 1.82) is 0 Å². The van der Waals surface area contributed by atoms with Crippen molar-refractivity contribution in [2.24, 2.45) is 0 Å². The van der Waals surface area contributed by atoms with Crippen LogP contribution in [-0.4, -0.2) is 20.7 Å². The van der Waals surface area contributed by atoms with Crippen LogP contribution >= 0.6 is 0 Å². The monoisotopic (exact) mass is 646 g/mol. The minimum Gasteiger partial charge on any atom is -0.379 e. The Morgan fingerprint density at radius 3 is 2.28 bits per heavy atom. The minimum absolute atomic E-state index is 0.0473. The maximum Gasteiger partial charge on any atom is 0.0963 e. The van der Waals surface area contributed by atoms with E-state index >= 15 is 0 Å². The fourth-order valence-electron chi connectivity index (χ4n) is 9.57. The molecule has 1 aliphatic heterocycles. The second-order valence-corrected chi connectivity index (χ2v) is 15.5. The Balaban J connectivity index is 1.37. The van der Waals surface area contributed by atoms with E-state index in [1.54, 1.807) is 0 Å². The summed E-state index contributed by atoms with van der Waals surface area (Å²) in [6.07, 6.45) is 8.67. The van der Waals surface area contributed by atoms with E-state index in [0.29, 0.717) is 5.92 Å². The number of benzene rings is 6. The Labute approximate surface area is 291 Å². The van der Waals surface area contributed by atoms with Gasteiger partial charge in [-0.05, 0) is 106 Å². The van der Waals surface area contributed by atoms with Gasteiger partial charge in [0.1, 0.15) is 0 Å². The van der Waals surface area contributed by atoms with Gasteiger partial charge in [0.25, 0.3) is 0 Å². The van der Waals surface area contributed by atoms with Gasteiger partial charge < -0.3 is 14.5 Å². The number of aromatic nitrogens is 3. The first kappa shape index (κ1) is 28.3. The third kappa shape index (κ3) is 3.53. The van der Waals surface area contributed by atoms with Gasteiger partial charge in [0, 0.05) is 39.7 Å². The van der Waals surface area contributed by atoms with E-state index in [1.807, 2.05) is 6.20 Å². The fourth-order valence-corrected chi connectivity index (χ4v) is 9.57. The lowest BCUT2D eigenvalue weighted by molar-refractivity contribution is 0.475. The average Bonchev–Trinajstić information content (AvgIpc) is 3.65. The van der Waals surface area contributed by atoms with Crippen LogP contribution in [0.25, 0.3) is 82.6 Å². The summed E-state index contributed by atoms with van der Waals surface area (Å²) in [4.78, 5) is 4.90. The number of hydrogen-bond acceptors (Lipinski definition) is 2. The van der Waals surface area contributed by atoms with E-state index < -0.39 is 0 Å². The molecule has 2 aliphatic rings. The zero-order chi connectivity index (χ0) is 33.5. The zero-order valence-corrected chi connectivity index (χ0v) is 28.9. The molecule has 4 nitrogen and oxygen atoms in total. The van der Waals surface area contributed by atoms with Crippen molar-refractivity contribution in [2.75, 3.05) is 11.9 Å². The second-order valence-electron chi connectivity index (χ2n) is 15.5. The molecule has 242 valence electrons. The molecule has 9 aromatic rings. The van der Waals surface area contributed by atoms with E-state index in [-0.39, 0.29) is 5.41 Å². The van der Waals surface area contributed by atoms with Crippen LogP contribution in [0, 0.1) is 0 Å². The Kier molecular flexibility index (Phi) is 5.51. The van der Waals surface area contributed by atoms with Gasteiger partial charge in [-0.2, -0.15) is 0 Å². The van der Waals surface area contributed by atoms with Gasteiger partial charge in [-0.25, -0.2) is 0 Å². The Bertz CT molecular complexity index is 2880. The number of para-hydroxylation sites is 2. The molecule has 0 atom stereocenters. The maximum atomic E-state index is 4.90. The van der Waals surface area contributed by atoms with E-state index in [2.05, 4.69) is 145 Å². The van der Waals surface area contributed by atoms with Crippen LogP contribution in [-0.2, 0) is 11.8 Å². The van der Waals surface area contributed by atoms with E-state index in [1.165, 1.54) is 93.6 Å². The number of fused-ring (bicyclic) bond motifs is 6. The fraction of sp³-hybridized carbons (Fsp3) is 0.196. The molecule has 0 amide bonds. The van der Waals surface area contributed by atoms with Crippen LogP contribution in [0.5, 0.6) is 0 Å². The van der Waals surface area contributed by atoms with Crippen LogP contribution < -0.4 is 5.32 Å². The Morgan fingerprint density at radius 1 is 0.700 bits per heavy atom. The zero-order valence-electron chi connectivity index (χ0n) is 28.9. The van der Waals surface area contributed by atoms with Crippen molar-refractivity contribution >= 4 is 76.9 Å². The molecule has 0 fully saturated rings. The summed E-state index contributed by atoms with van der Waals surface area (Å²) in [5.41, 5.74) is 14.0. The summed E-state index contributed by atoms with van der Waals surface area (Å²) in [5.74, 6) is 0.357. The first-order chi connectivity index (χ1) is 24.4. The predicted molar refractivity (Wildman–Crippen MR) is 212 cm³/mol. The van der Waals surface area contributed by atoms with Gasteiger partial charge in [0.2, 0.25) is 0 Å². The van der Waals surface area contributed by atoms with Crippen molar-refractivity contribution in [3.05, 3.63) is 126 Å². The molecule has 4 heterocycles. The quantitative estimate of drug-likeness (QED) is 0.194. The summed E-state index contributed by atoms with van der Waals surface area (Å²) in [6.45, 7) is 10.4. The molecule has 6 aromatic carbocycles. The van der Waals surface area contributed by atoms with Crippen LogP contribution in [0.1, 0.15) is 62.4 Å². The van der Waals surface area contributed by atoms with Crippen LogP contribution in [0.4, 0.5) is 5.69 Å². The molecule has 11 rings (SSSR count). The van der Waals surface area contributed by atoms with Crippen LogP contribution in [0.3, 0.4) is 0 Å². The summed E-state index contributed by atoms with van der Waals surface area (Å²) in [7, 11) is 0. The van der Waals surface area contributed by atoms with Crippen molar-refractivity contribution in [2.45, 2.75) is 51.9 Å². The molecule has 0 saturated carbocycles. The van der Waals surface area contributed by atoms with Crippen molar-refractivity contribution in [1.82, 2.24) is 14.1 Å². The van der Waals surface area contributed by atoms with Crippen LogP contribution in [0.2, 0.25) is 0 Å². The molecule has 0 bridgehead atoms. The van der Waals surface area contributed by atoms with Gasteiger partial charge in [-0.1, -0.05) is 82.3 Å². The average molecular weight is 647 g/mol.